The van der Waals surface area contributed by atoms with E-state index in [4.69, 9.17) is 4.74 Å². The van der Waals surface area contributed by atoms with Crippen molar-refractivity contribution < 1.29 is 19.4 Å². The number of hydrogen-bond acceptors (Lipinski definition) is 5. The first-order valence-electron chi connectivity index (χ1n) is 6.30. The zero-order valence-electron chi connectivity index (χ0n) is 12.3. The smallest absolute Gasteiger partial charge is 0.411 e. The predicted octanol–water partition coefficient (Wildman–Crippen LogP) is 2.83. The number of likely N-dealkylation sites (N-methyl/N-ethyl adjacent to an activating group) is 1. The maximum absolute atomic E-state index is 12.1. The maximum atomic E-state index is 12.1. The molecule has 7 heteroatoms. The molecule has 0 saturated heterocycles. The molecule has 0 bridgehead atoms. The lowest BCUT2D eigenvalue weighted by Gasteiger charge is -2.29. The largest absolute Gasteiger partial charge is 0.479 e. The molecule has 1 atom stereocenters. The van der Waals surface area contributed by atoms with Gasteiger partial charge in [0.2, 0.25) is 0 Å². The summed E-state index contributed by atoms with van der Waals surface area (Å²) in [5.74, 6) is -1.12. The molecule has 6 nitrogen and oxygen atoms in total. The van der Waals surface area contributed by atoms with Crippen molar-refractivity contribution >= 4 is 23.4 Å². The number of rotatable bonds is 4. The van der Waals surface area contributed by atoms with Crippen molar-refractivity contribution in [2.24, 2.45) is 0 Å². The molecule has 20 heavy (non-hydrogen) atoms. The first kappa shape index (κ1) is 16.4. The molecule has 0 fully saturated rings. The highest BCUT2D eigenvalue weighted by molar-refractivity contribution is 7.09. The fourth-order valence-corrected chi connectivity index (χ4v) is 2.51. The number of carboxylic acid groups (broad SMARTS) is 1. The minimum absolute atomic E-state index is 0.227. The molecular weight excluding hydrogens is 280 g/mol. The molecule has 0 saturated carbocycles. The van der Waals surface area contributed by atoms with Gasteiger partial charge in [-0.05, 0) is 34.6 Å². The van der Waals surface area contributed by atoms with Crippen LogP contribution in [0, 0.1) is 6.92 Å². The summed E-state index contributed by atoms with van der Waals surface area (Å²) in [7, 11) is 0. The molecule has 1 unspecified atom stereocenters. The number of nitrogens with zero attached hydrogens (tertiary/aromatic N) is 2. The summed E-state index contributed by atoms with van der Waals surface area (Å²) in [4.78, 5) is 29.0. The van der Waals surface area contributed by atoms with Crippen LogP contribution < -0.4 is 0 Å². The van der Waals surface area contributed by atoms with Crippen LogP contribution in [0.25, 0.3) is 0 Å². The minimum atomic E-state index is -1.12. The lowest BCUT2D eigenvalue weighted by atomic mass is 10.2. The number of aromatic nitrogens is 1. The number of amides is 1. The average Bonchev–Trinajstić information content (AvgIpc) is 2.68. The summed E-state index contributed by atoms with van der Waals surface area (Å²) in [6.45, 7) is 8.93. The number of carboxylic acids is 1. The van der Waals surface area contributed by atoms with Crippen molar-refractivity contribution in [1.82, 2.24) is 9.88 Å². The topological polar surface area (TPSA) is 79.7 Å². The number of hydrogen-bond donors (Lipinski definition) is 1. The highest BCUT2D eigenvalue weighted by atomic mass is 32.1. The fourth-order valence-electron chi connectivity index (χ4n) is 1.61. The second kappa shape index (κ2) is 6.21. The summed E-state index contributed by atoms with van der Waals surface area (Å²) in [6.07, 6.45) is -0.653. The van der Waals surface area contributed by atoms with E-state index in [2.05, 4.69) is 4.98 Å². The predicted molar refractivity (Wildman–Crippen MR) is 75.8 cm³/mol. The standard InChI is InChI=1S/C13H20N2O4S/c1-6-15(12(18)19-13(3,4)5)9(11(16)17)10-14-8(2)7-20-10/h7,9H,6H2,1-5H3,(H,16,17). The minimum Gasteiger partial charge on any atom is -0.479 e. The Balaban J connectivity index is 3.05. The highest BCUT2D eigenvalue weighted by Gasteiger charge is 2.35. The quantitative estimate of drug-likeness (QED) is 0.925. The van der Waals surface area contributed by atoms with Gasteiger partial charge >= 0.3 is 12.1 Å². The van der Waals surface area contributed by atoms with Crippen molar-refractivity contribution in [1.29, 1.82) is 0 Å². The monoisotopic (exact) mass is 300 g/mol. The van der Waals surface area contributed by atoms with Gasteiger partial charge in [0.15, 0.2) is 6.04 Å². The molecule has 1 rings (SSSR count). The van der Waals surface area contributed by atoms with E-state index in [9.17, 15) is 14.7 Å². The van der Waals surface area contributed by atoms with Crippen LogP contribution in [0.3, 0.4) is 0 Å². The number of ether oxygens (including phenoxy) is 1. The van der Waals surface area contributed by atoms with Crippen LogP contribution in [-0.2, 0) is 9.53 Å². The molecule has 1 aromatic heterocycles. The van der Waals surface area contributed by atoms with Crippen LogP contribution in [0.15, 0.2) is 5.38 Å². The Bertz CT molecular complexity index is 493. The number of carbonyl (C=O) groups excluding carboxylic acids is 1. The van der Waals surface area contributed by atoms with E-state index >= 15 is 0 Å². The van der Waals surface area contributed by atoms with Crippen molar-refractivity contribution in [3.05, 3.63) is 16.1 Å². The Morgan fingerprint density at radius 1 is 1.50 bits per heavy atom. The average molecular weight is 300 g/mol. The van der Waals surface area contributed by atoms with Crippen molar-refractivity contribution in [2.45, 2.75) is 46.3 Å². The second-order valence-electron chi connectivity index (χ2n) is 5.33. The first-order valence-corrected chi connectivity index (χ1v) is 7.18. The Labute approximate surface area is 122 Å². The number of aliphatic carboxylic acids is 1. The van der Waals surface area contributed by atoms with Gasteiger partial charge in [-0.25, -0.2) is 14.6 Å². The third-order valence-corrected chi connectivity index (χ3v) is 3.40. The van der Waals surface area contributed by atoms with E-state index in [1.807, 2.05) is 0 Å². The molecule has 1 heterocycles. The SMILES string of the molecule is CCN(C(=O)OC(C)(C)C)C(C(=O)O)c1nc(C)cs1. The third-order valence-electron chi connectivity index (χ3n) is 2.38. The van der Waals surface area contributed by atoms with Crippen molar-refractivity contribution in [3.8, 4) is 0 Å². The van der Waals surface area contributed by atoms with Crippen LogP contribution in [0.4, 0.5) is 4.79 Å². The van der Waals surface area contributed by atoms with Gasteiger partial charge in [-0.3, -0.25) is 4.90 Å². The zero-order chi connectivity index (χ0) is 15.5. The Kier molecular flexibility index (Phi) is 5.10. The Hall–Kier alpha value is -1.63. The molecule has 0 aliphatic rings. The van der Waals surface area contributed by atoms with Gasteiger partial charge in [-0.2, -0.15) is 0 Å². The van der Waals surface area contributed by atoms with E-state index in [0.29, 0.717) is 5.01 Å². The molecule has 1 aromatic rings. The number of carbonyl (C=O) groups is 2. The van der Waals surface area contributed by atoms with Crippen LogP contribution in [0.5, 0.6) is 0 Å². The summed E-state index contributed by atoms with van der Waals surface area (Å²) >= 11 is 1.22. The second-order valence-corrected chi connectivity index (χ2v) is 6.22. The first-order chi connectivity index (χ1) is 9.15. The zero-order valence-corrected chi connectivity index (χ0v) is 13.2. The molecule has 0 aliphatic heterocycles. The van der Waals surface area contributed by atoms with Gasteiger partial charge in [-0.15, -0.1) is 11.3 Å². The molecule has 0 aromatic carbocycles. The van der Waals surface area contributed by atoms with Crippen molar-refractivity contribution in [2.75, 3.05) is 6.54 Å². The van der Waals surface area contributed by atoms with E-state index in [1.165, 1.54) is 16.2 Å². The van der Waals surface area contributed by atoms with E-state index in [-0.39, 0.29) is 6.54 Å². The maximum Gasteiger partial charge on any atom is 0.411 e. The number of thiazole rings is 1. The van der Waals surface area contributed by atoms with Crippen LogP contribution in [0.1, 0.15) is 44.4 Å². The van der Waals surface area contributed by atoms with Gasteiger partial charge in [-0.1, -0.05) is 0 Å². The van der Waals surface area contributed by atoms with Crippen LogP contribution in [0.2, 0.25) is 0 Å². The van der Waals surface area contributed by atoms with E-state index in [1.54, 1.807) is 40.0 Å². The van der Waals surface area contributed by atoms with Crippen LogP contribution >= 0.6 is 11.3 Å². The third kappa shape index (κ3) is 4.19. The van der Waals surface area contributed by atoms with Gasteiger partial charge in [0, 0.05) is 17.6 Å². The lowest BCUT2D eigenvalue weighted by Crippen LogP contribution is -2.42. The summed E-state index contributed by atoms with van der Waals surface area (Å²) in [5.41, 5.74) is 0.0586. The molecule has 1 N–H and O–H groups in total. The normalized spacial score (nSPS) is 12.8. The van der Waals surface area contributed by atoms with E-state index in [0.717, 1.165) is 5.69 Å². The molecule has 112 valence electrons. The molecule has 0 radical (unpaired) electrons. The van der Waals surface area contributed by atoms with Gasteiger partial charge < -0.3 is 9.84 Å². The van der Waals surface area contributed by atoms with E-state index < -0.39 is 23.7 Å². The van der Waals surface area contributed by atoms with Gasteiger partial charge in [0.25, 0.3) is 0 Å². The van der Waals surface area contributed by atoms with Crippen molar-refractivity contribution in [3.63, 3.8) is 0 Å². The molecule has 0 aliphatic carbocycles. The summed E-state index contributed by atoms with van der Waals surface area (Å²) in [5, 5.41) is 11.5. The fraction of sp³-hybridized carbons (Fsp3) is 0.615. The summed E-state index contributed by atoms with van der Waals surface area (Å²) in [6, 6.07) is -1.12. The highest BCUT2D eigenvalue weighted by Crippen LogP contribution is 2.26. The lowest BCUT2D eigenvalue weighted by molar-refractivity contribution is -0.143. The summed E-state index contributed by atoms with van der Waals surface area (Å²) < 4.78 is 5.25. The molecule has 1 amide bonds. The molecule has 0 spiro atoms. The van der Waals surface area contributed by atoms with Gasteiger partial charge in [0.1, 0.15) is 10.6 Å². The Morgan fingerprint density at radius 3 is 2.45 bits per heavy atom. The molecular formula is C13H20N2O4S. The Morgan fingerprint density at radius 2 is 2.10 bits per heavy atom. The van der Waals surface area contributed by atoms with Gasteiger partial charge in [0.05, 0.1) is 0 Å². The number of aryl methyl sites for hydroxylation is 1. The van der Waals surface area contributed by atoms with Crippen LogP contribution in [-0.4, -0.2) is 39.2 Å².